The summed E-state index contributed by atoms with van der Waals surface area (Å²) in [5, 5.41) is 6.78. The van der Waals surface area contributed by atoms with Crippen molar-refractivity contribution in [3.63, 3.8) is 0 Å². The quantitative estimate of drug-likeness (QED) is 0.768. The van der Waals surface area contributed by atoms with Crippen LogP contribution >= 0.6 is 11.6 Å². The van der Waals surface area contributed by atoms with E-state index in [0.29, 0.717) is 34.1 Å². The van der Waals surface area contributed by atoms with Crippen LogP contribution in [0.15, 0.2) is 30.3 Å². The Morgan fingerprint density at radius 1 is 1.12 bits per heavy atom. The summed E-state index contributed by atoms with van der Waals surface area (Å²) in [5.41, 5.74) is 0.909. The van der Waals surface area contributed by atoms with Crippen LogP contribution in [-0.2, 0) is 0 Å². The van der Waals surface area contributed by atoms with Gasteiger partial charge in [-0.05, 0) is 31.9 Å². The number of nitrogens with zero attached hydrogens (tertiary/aromatic N) is 2. The first-order valence-electron chi connectivity index (χ1n) is 8.80. The van der Waals surface area contributed by atoms with Crippen molar-refractivity contribution in [2.75, 3.05) is 10.6 Å². The number of halogens is 1. The van der Waals surface area contributed by atoms with Gasteiger partial charge in [-0.3, -0.25) is 4.79 Å². The molecule has 3 rings (SSSR count). The zero-order chi connectivity index (χ0) is 17.6. The Hall–Kier alpha value is -2.14. The van der Waals surface area contributed by atoms with Gasteiger partial charge in [0.15, 0.2) is 0 Å². The molecule has 2 N–H and O–H groups in total. The van der Waals surface area contributed by atoms with Crippen molar-refractivity contribution < 1.29 is 4.79 Å². The highest BCUT2D eigenvalue weighted by Crippen LogP contribution is 2.23. The Balaban J connectivity index is 1.74. The molecule has 0 spiro atoms. The Labute approximate surface area is 153 Å². The molecule has 0 unspecified atom stereocenters. The molecule has 1 fully saturated rings. The number of benzene rings is 1. The normalized spacial score (nSPS) is 15.4. The molecular formula is C19H23ClN4O. The zero-order valence-electron chi connectivity index (χ0n) is 14.4. The van der Waals surface area contributed by atoms with E-state index in [1.54, 1.807) is 25.1 Å². The predicted octanol–water partition coefficient (Wildman–Crippen LogP) is 4.83. The fraction of sp³-hybridized carbons (Fsp3) is 0.421. The molecule has 1 saturated carbocycles. The molecule has 1 aromatic carbocycles. The lowest BCUT2D eigenvalue weighted by atomic mass is 10.1. The van der Waals surface area contributed by atoms with Crippen molar-refractivity contribution in [2.45, 2.75) is 51.5 Å². The Morgan fingerprint density at radius 2 is 1.84 bits per heavy atom. The van der Waals surface area contributed by atoms with E-state index in [0.717, 1.165) is 12.8 Å². The molecule has 1 aliphatic carbocycles. The lowest BCUT2D eigenvalue weighted by molar-refractivity contribution is 0.102. The predicted molar refractivity (Wildman–Crippen MR) is 101 cm³/mol. The summed E-state index contributed by atoms with van der Waals surface area (Å²) in [6.45, 7) is 1.80. The third-order valence-electron chi connectivity index (χ3n) is 4.40. The average Bonchev–Trinajstić information content (AvgIpc) is 2.85. The Kier molecular flexibility index (Phi) is 5.87. The molecule has 1 heterocycles. The number of amides is 1. The van der Waals surface area contributed by atoms with E-state index in [9.17, 15) is 4.79 Å². The summed E-state index contributed by atoms with van der Waals surface area (Å²) in [4.78, 5) is 21.2. The Morgan fingerprint density at radius 3 is 2.56 bits per heavy atom. The number of carbonyl (C=O) groups excluding carboxylic acids is 1. The molecule has 1 aliphatic rings. The molecule has 25 heavy (non-hydrogen) atoms. The number of nitrogens with one attached hydrogen (secondary N) is 2. The van der Waals surface area contributed by atoms with E-state index in [-0.39, 0.29) is 5.91 Å². The number of rotatable bonds is 4. The largest absolute Gasteiger partial charge is 0.367 e. The van der Waals surface area contributed by atoms with Crippen LogP contribution in [-0.4, -0.2) is 21.9 Å². The number of aryl methyl sites for hydroxylation is 1. The third-order valence-corrected chi connectivity index (χ3v) is 4.73. The summed E-state index contributed by atoms with van der Waals surface area (Å²) in [5.74, 6) is 0.995. The molecule has 0 radical (unpaired) electrons. The minimum atomic E-state index is -0.289. The number of hydrogen-bond acceptors (Lipinski definition) is 4. The van der Waals surface area contributed by atoms with Gasteiger partial charge >= 0.3 is 0 Å². The maximum Gasteiger partial charge on any atom is 0.274 e. The maximum atomic E-state index is 12.5. The van der Waals surface area contributed by atoms with Crippen LogP contribution in [0.25, 0.3) is 0 Å². The van der Waals surface area contributed by atoms with Gasteiger partial charge < -0.3 is 10.6 Å². The van der Waals surface area contributed by atoms with Gasteiger partial charge in [-0.25, -0.2) is 9.97 Å². The van der Waals surface area contributed by atoms with Crippen molar-refractivity contribution in [1.29, 1.82) is 0 Å². The van der Waals surface area contributed by atoms with Crippen LogP contribution in [0.2, 0.25) is 5.02 Å². The van der Waals surface area contributed by atoms with Crippen molar-refractivity contribution in [3.8, 4) is 0 Å². The van der Waals surface area contributed by atoms with Crippen LogP contribution in [0.4, 0.5) is 11.5 Å². The summed E-state index contributed by atoms with van der Waals surface area (Å²) < 4.78 is 0. The number of carbonyl (C=O) groups is 1. The van der Waals surface area contributed by atoms with E-state index in [2.05, 4.69) is 20.6 Å². The van der Waals surface area contributed by atoms with Crippen LogP contribution in [0, 0.1) is 6.92 Å². The number of hydrogen-bond donors (Lipinski definition) is 2. The van der Waals surface area contributed by atoms with Gasteiger partial charge in [-0.2, -0.15) is 0 Å². The second kappa shape index (κ2) is 8.30. The maximum absolute atomic E-state index is 12.5. The van der Waals surface area contributed by atoms with E-state index < -0.39 is 0 Å². The molecule has 1 aromatic heterocycles. The monoisotopic (exact) mass is 358 g/mol. The van der Waals surface area contributed by atoms with Gasteiger partial charge in [0.1, 0.15) is 17.3 Å². The minimum absolute atomic E-state index is 0.289. The Bertz CT molecular complexity index is 742. The molecule has 0 bridgehead atoms. The summed E-state index contributed by atoms with van der Waals surface area (Å²) in [6.07, 6.45) is 7.36. The van der Waals surface area contributed by atoms with E-state index in [4.69, 9.17) is 11.6 Å². The fourth-order valence-corrected chi connectivity index (χ4v) is 3.32. The van der Waals surface area contributed by atoms with Gasteiger partial charge in [0.05, 0.1) is 10.7 Å². The molecule has 0 atom stereocenters. The molecule has 2 aromatic rings. The van der Waals surface area contributed by atoms with Gasteiger partial charge in [-0.1, -0.05) is 49.4 Å². The molecule has 0 saturated heterocycles. The van der Waals surface area contributed by atoms with Crippen LogP contribution < -0.4 is 10.6 Å². The zero-order valence-corrected chi connectivity index (χ0v) is 15.1. The SMILES string of the molecule is Cc1nc(NC2CCCCCC2)cc(C(=O)Nc2ccccc2Cl)n1. The van der Waals surface area contributed by atoms with Crippen molar-refractivity contribution >= 4 is 29.0 Å². The molecule has 132 valence electrons. The molecule has 5 nitrogen and oxygen atoms in total. The highest BCUT2D eigenvalue weighted by molar-refractivity contribution is 6.33. The second-order valence-corrected chi connectivity index (χ2v) is 6.86. The first-order valence-corrected chi connectivity index (χ1v) is 9.18. The molecule has 0 aliphatic heterocycles. The van der Waals surface area contributed by atoms with Crippen molar-refractivity contribution in [2.24, 2.45) is 0 Å². The lowest BCUT2D eigenvalue weighted by Gasteiger charge is -2.17. The second-order valence-electron chi connectivity index (χ2n) is 6.45. The topological polar surface area (TPSA) is 66.9 Å². The van der Waals surface area contributed by atoms with Crippen LogP contribution in [0.3, 0.4) is 0 Å². The van der Waals surface area contributed by atoms with E-state index in [1.807, 2.05) is 12.1 Å². The van der Waals surface area contributed by atoms with E-state index >= 15 is 0 Å². The summed E-state index contributed by atoms with van der Waals surface area (Å²) in [7, 11) is 0. The number of anilines is 2. The number of aromatic nitrogens is 2. The molecular weight excluding hydrogens is 336 g/mol. The van der Waals surface area contributed by atoms with Gasteiger partial charge in [0, 0.05) is 12.1 Å². The van der Waals surface area contributed by atoms with Gasteiger partial charge in [0.2, 0.25) is 0 Å². The van der Waals surface area contributed by atoms with Crippen molar-refractivity contribution in [3.05, 3.63) is 46.9 Å². The average molecular weight is 359 g/mol. The smallest absolute Gasteiger partial charge is 0.274 e. The minimum Gasteiger partial charge on any atom is -0.367 e. The highest BCUT2D eigenvalue weighted by Gasteiger charge is 2.16. The summed E-state index contributed by atoms with van der Waals surface area (Å²) >= 11 is 6.10. The molecule has 1 amide bonds. The van der Waals surface area contributed by atoms with Gasteiger partial charge in [-0.15, -0.1) is 0 Å². The first kappa shape index (κ1) is 17.7. The third kappa shape index (κ3) is 4.92. The van der Waals surface area contributed by atoms with E-state index in [1.165, 1.54) is 25.7 Å². The van der Waals surface area contributed by atoms with Crippen molar-refractivity contribution in [1.82, 2.24) is 9.97 Å². The van der Waals surface area contributed by atoms with Gasteiger partial charge in [0.25, 0.3) is 5.91 Å². The fourth-order valence-electron chi connectivity index (χ4n) is 3.14. The van der Waals surface area contributed by atoms with Crippen LogP contribution in [0.5, 0.6) is 0 Å². The number of para-hydroxylation sites is 1. The standard InChI is InChI=1S/C19H23ClN4O/c1-13-21-17(19(25)24-16-11-7-6-10-15(16)20)12-18(22-13)23-14-8-4-2-3-5-9-14/h6-7,10-12,14H,2-5,8-9H2,1H3,(H,24,25)(H,21,22,23). The summed E-state index contributed by atoms with van der Waals surface area (Å²) in [6, 6.07) is 9.27. The first-order chi connectivity index (χ1) is 12.1. The lowest BCUT2D eigenvalue weighted by Crippen LogP contribution is -2.21. The molecule has 6 heteroatoms. The highest BCUT2D eigenvalue weighted by atomic mass is 35.5. The van der Waals surface area contributed by atoms with Crippen LogP contribution in [0.1, 0.15) is 54.8 Å².